The lowest BCUT2D eigenvalue weighted by Gasteiger charge is -2.48. The van der Waals surface area contributed by atoms with Gasteiger partial charge in [-0.1, -0.05) is 103 Å². The van der Waals surface area contributed by atoms with E-state index in [-0.39, 0.29) is 30.5 Å². The second kappa shape index (κ2) is 45.2. The van der Waals surface area contributed by atoms with E-state index >= 15 is 28.8 Å². The number of benzene rings is 7. The minimum absolute atomic E-state index is 0.145. The van der Waals surface area contributed by atoms with Gasteiger partial charge in [0, 0.05) is 71.7 Å². The number of aliphatic hydroxyl groups is 6. The van der Waals surface area contributed by atoms with E-state index in [4.69, 9.17) is 93.6 Å². The second-order valence-electron chi connectivity index (χ2n) is 36.6. The summed E-state index contributed by atoms with van der Waals surface area (Å²) in [5.41, 5.74) is 8.81. The van der Waals surface area contributed by atoms with Gasteiger partial charge in [0.1, 0.15) is 95.5 Å². The van der Waals surface area contributed by atoms with Crippen molar-refractivity contribution in [1.29, 1.82) is 0 Å². The number of aliphatic carboxylic acids is 1. The van der Waals surface area contributed by atoms with Crippen LogP contribution < -0.4 is 62.9 Å². The van der Waals surface area contributed by atoms with Crippen LogP contribution in [0.1, 0.15) is 150 Å². The molecule has 7 aromatic rings. The monoisotopic (exact) mass is 2110 g/mol. The number of hydrogen-bond acceptors (Lipinski definition) is 33. The summed E-state index contributed by atoms with van der Waals surface area (Å²) in [7, 11) is -9.74. The van der Waals surface area contributed by atoms with Crippen LogP contribution in [0.2, 0.25) is 15.1 Å². The van der Waals surface area contributed by atoms with Crippen molar-refractivity contribution in [1.82, 2.24) is 42.1 Å². The maximum atomic E-state index is 16.7. The number of carboxylic acid groups (broad SMARTS) is 1. The Balaban J connectivity index is 0.969. The summed E-state index contributed by atoms with van der Waals surface area (Å²) in [5.74, 6) is -19.7. The quantitative estimate of drug-likeness (QED) is 0.0188. The van der Waals surface area contributed by atoms with Crippen LogP contribution in [0, 0.1) is 5.92 Å². The molecule has 0 spiro atoms. The molecule has 8 amide bonds. The Kier molecular flexibility index (Phi) is 34.5. The first-order chi connectivity index (χ1) is 67.7. The van der Waals surface area contributed by atoms with Gasteiger partial charge in [-0.15, -0.1) is 0 Å². The molecule has 1 unspecified atom stereocenters. The molecular weight excluding hydrogens is 2000 g/mol. The lowest BCUT2D eigenvalue weighted by atomic mass is 9.84. The fraction of sp³-hybridized carbons (Fsp3) is 0.441. The van der Waals surface area contributed by atoms with Crippen LogP contribution in [-0.2, 0) is 92.0 Å². The summed E-state index contributed by atoms with van der Waals surface area (Å²) in [6.07, 6.45) is -28.3. The van der Waals surface area contributed by atoms with Crippen LogP contribution in [0.3, 0.4) is 0 Å². The number of halogens is 3. The number of carbonyl (C=O) groups excluding carboxylic acids is 9. The highest BCUT2D eigenvalue weighted by Crippen LogP contribution is 2.62. The smallest absolute Gasteiger partial charge is 0.413 e. The van der Waals surface area contributed by atoms with Gasteiger partial charge in [0.25, 0.3) is 0 Å². The summed E-state index contributed by atoms with van der Waals surface area (Å²) < 4.78 is 86.7. The Morgan fingerprint density at radius 2 is 1.22 bits per heavy atom. The number of carbonyl (C=O) groups is 10. The van der Waals surface area contributed by atoms with E-state index in [9.17, 15) is 98.9 Å². The minimum atomic E-state index is -5.38. The predicted octanol–water partition coefficient (Wildman–Crippen LogP) is 4.70. The highest BCUT2D eigenvalue weighted by Gasteiger charge is 2.54. The Hall–Kier alpha value is -11.5. The highest BCUT2D eigenvalue weighted by molar-refractivity contribution is 7.70. The number of hydrogen-bond donors (Lipinski definition) is 23. The molecule has 22 atom stereocenters. The van der Waals surface area contributed by atoms with Crippen molar-refractivity contribution in [3.8, 4) is 68.2 Å². The average molecular weight is 2110 g/mol. The van der Waals surface area contributed by atoms with E-state index in [1.807, 2.05) is 36.4 Å². The van der Waals surface area contributed by atoms with Crippen LogP contribution in [0.25, 0.3) is 22.3 Å². The number of aliphatic hydroxyl groups excluding tert-OH is 6. The van der Waals surface area contributed by atoms with Gasteiger partial charge in [-0.05, 0) is 159 Å². The van der Waals surface area contributed by atoms with Gasteiger partial charge in [-0.3, -0.25) is 52.4 Å². The molecule has 0 radical (unpaired) electrons. The zero-order valence-corrected chi connectivity index (χ0v) is 81.8. The maximum absolute atomic E-state index is 16.7. The summed E-state index contributed by atoms with van der Waals surface area (Å²) in [4.78, 5) is 189. The minimum Gasteiger partial charge on any atom is -0.508 e. The largest absolute Gasteiger partial charge is 0.508 e. The molecule has 8 aliphatic heterocycles. The fourth-order valence-electron chi connectivity index (χ4n) is 17.6. The van der Waals surface area contributed by atoms with Gasteiger partial charge in [-0.2, -0.15) is 0 Å². The first kappa shape index (κ1) is 110. The van der Waals surface area contributed by atoms with E-state index in [1.54, 1.807) is 32.9 Å². The molecule has 8 aliphatic rings. The zero-order chi connectivity index (χ0) is 105. The van der Waals surface area contributed by atoms with E-state index in [2.05, 4.69) is 37.2 Å². The number of likely N-dealkylation sites (N-methyl/N-ethyl adjacent to an activating group) is 1. The Bertz CT molecular complexity index is 6090. The van der Waals surface area contributed by atoms with Crippen LogP contribution in [0.4, 0.5) is 4.79 Å². The SMILES string of the molecule is CC(C)C[C@H](C(=O)N[C@H]1C(=O)N[C@@H](CC(N)=O)C(=O)N[C@H]2C(=O)N[C@H]3C(=O)N[C@H](C(=O)N[C@H](C(=O)O)c4cc(O)cc(O)c4-c4cc3ccc4O)[C@H](O[C@H]3C[C@](C)(N)[C@@H](O)[C@H](C)O3)c3ccc(c(Cl)c3)Oc3cc2cc(c3OC2O[C@H](CO)[C@@H](O)[C@H](O)[C@H]2O[C@H]2C[C@](C)(NCc3ccc(-c4ccc(Cl)cc4)cc3)[C@@H](O)[C@H](C)O2)Oc2ccc(cc2Cl)[C@H]1O)N(C)C(=O)OCOC(=O)CCCC(P(=O)(O)O)P(=O)(O)O. The molecule has 3 saturated heterocycles. The normalized spacial score (nSPS) is 27.5. The number of phenols is 3. The van der Waals surface area contributed by atoms with Gasteiger partial charge >= 0.3 is 33.2 Å². The van der Waals surface area contributed by atoms with Gasteiger partial charge in [0.05, 0.1) is 47.5 Å². The second-order valence-corrected chi connectivity index (χ2v) is 41.9. The van der Waals surface area contributed by atoms with E-state index in [1.165, 1.54) is 26.8 Å². The molecule has 46 nitrogen and oxygen atoms in total. The molecule has 778 valence electrons. The molecule has 144 heavy (non-hydrogen) atoms. The first-order valence-corrected chi connectivity index (χ1v) is 49.5. The third-order valence-electron chi connectivity index (χ3n) is 25.3. The van der Waals surface area contributed by atoms with E-state index < -0.39 is 349 Å². The number of primary amides is 1. The summed E-state index contributed by atoms with van der Waals surface area (Å²) >= 11 is 20.9. The molecule has 8 heterocycles. The molecule has 3 fully saturated rings. The fourth-order valence-corrected chi connectivity index (χ4v) is 20.8. The van der Waals surface area contributed by atoms with Crippen molar-refractivity contribution in [3.63, 3.8) is 0 Å². The topological polar surface area (TPSA) is 720 Å². The zero-order valence-electron chi connectivity index (χ0n) is 77.8. The molecule has 15 rings (SSSR count). The molecule has 0 saturated carbocycles. The van der Waals surface area contributed by atoms with Crippen molar-refractivity contribution in [3.05, 3.63) is 176 Å². The van der Waals surface area contributed by atoms with Gasteiger partial charge < -0.3 is 167 Å². The van der Waals surface area contributed by atoms with Crippen LogP contribution in [0.5, 0.6) is 46.0 Å². The van der Waals surface area contributed by atoms with Gasteiger partial charge in [0.15, 0.2) is 41.6 Å². The van der Waals surface area contributed by atoms with Gasteiger partial charge in [0.2, 0.25) is 60.2 Å². The number of ether oxygens (including phenoxy) is 10. The number of nitrogens with zero attached hydrogens (tertiary/aromatic N) is 1. The van der Waals surface area contributed by atoms with Crippen molar-refractivity contribution in [2.24, 2.45) is 17.4 Å². The standard InChI is InChI=1S/C93H109Cl3N10O36P2/c1-39(2)25-56(106(7)91(126)134-38-133-65(112)9-8-10-68(143(127,128)129)144(130,131)132)84(119)104-73-75(113)46-18-23-59(53(95)27-46)137-61-29-48-30-62(79(61)142-90-80(77(115)76(114)63(37-107)139-90)141-67-35-93(6,82(117)41(4)136-67)99-36-42-11-13-43(14-12-42)44-15-20-49(94)21-16-44)138-60-24-19-47(28-54(60)96)78(140-66-34-92(5,98)81(116)40(3)135-66)74-88(123)103-72(89(124)125)52-31-50(108)32-58(110)69(52)51-26-45(17-22-57(51)109)70(85(120)105-74)102-86(121)71(48)101-83(118)55(33-64(97)111)100-87(73)122/h11-24,26-32,39-41,55-56,63,66-68,70-78,80-82,90,99,107-110,113-117H,8-10,25,33-38,98H2,1-7H3,(H2,97,111)(H,100,122)(H,101,118)(H,102,121)(H,103,123)(H,104,119)(H,105,120)(H,124,125)(H2,127,128,129)(H2,130,131,132)/t40-,41-,55-,56+,63+,66-,67-,70+,71+,72-,73+,74-,75+,76+,77-,78+,80+,81-,82-,90?,92-,93-/m0/s1. The molecule has 11 bridgehead atoms. The number of rotatable bonds is 27. The summed E-state index contributed by atoms with van der Waals surface area (Å²) in [6.45, 7) is 7.16. The molecule has 7 aromatic carbocycles. The number of aromatic hydroxyl groups is 3. The van der Waals surface area contributed by atoms with Crippen LogP contribution in [0.15, 0.2) is 127 Å². The molecule has 25 N–H and O–H groups in total. The Morgan fingerprint density at radius 3 is 1.82 bits per heavy atom. The van der Waals surface area contributed by atoms with Crippen molar-refractivity contribution in [2.75, 3.05) is 20.4 Å². The third-order valence-corrected chi connectivity index (χ3v) is 30.0. The lowest BCUT2D eigenvalue weighted by molar-refractivity contribution is -0.334. The number of nitrogens with two attached hydrogens (primary N) is 2. The number of carboxylic acids is 1. The number of fused-ring (bicyclic) bond motifs is 15. The third kappa shape index (κ3) is 25.4. The highest BCUT2D eigenvalue weighted by atomic mass is 35.5. The van der Waals surface area contributed by atoms with Crippen molar-refractivity contribution in [2.45, 2.75) is 232 Å². The molecular formula is C93H109Cl3N10O36P2. The number of amides is 8. The predicted molar refractivity (Wildman–Crippen MR) is 503 cm³/mol. The Morgan fingerprint density at radius 1 is 0.639 bits per heavy atom. The van der Waals surface area contributed by atoms with Crippen LogP contribution in [-0.4, -0.2) is 264 Å². The molecule has 0 aromatic heterocycles. The lowest BCUT2D eigenvalue weighted by Crippen LogP contribution is -2.65. The van der Waals surface area contributed by atoms with Crippen LogP contribution >= 0.6 is 50.0 Å². The number of nitrogens with one attached hydrogen (secondary N) is 7. The van der Waals surface area contributed by atoms with Crippen molar-refractivity contribution < 1.29 is 175 Å². The number of esters is 1. The summed E-state index contributed by atoms with van der Waals surface area (Å²) in [6, 6.07) is 11.7. The van der Waals surface area contributed by atoms with E-state index in [0.717, 1.165) is 96.5 Å². The summed E-state index contributed by atoms with van der Waals surface area (Å²) in [5, 5.41) is 133. The van der Waals surface area contributed by atoms with Crippen molar-refractivity contribution >= 4 is 109 Å². The number of phenolic OH excluding ortho intramolecular Hbond substituents is 3. The first-order valence-electron chi connectivity index (χ1n) is 45.0. The maximum Gasteiger partial charge on any atom is 0.413 e. The van der Waals surface area contributed by atoms with Gasteiger partial charge in [-0.25, -0.2) is 9.59 Å². The molecule has 51 heteroatoms. The average Bonchev–Trinajstić information content (AvgIpc) is 0.760. The van der Waals surface area contributed by atoms with E-state index in [0.29, 0.717) is 9.92 Å². The Labute approximate surface area is 835 Å². The molecule has 0 aliphatic carbocycles.